The molecule has 1 saturated heterocycles. The number of piperidine rings is 1. The summed E-state index contributed by atoms with van der Waals surface area (Å²) in [5.74, 6) is 0.642. The lowest BCUT2D eigenvalue weighted by Gasteiger charge is -2.42. The third-order valence-electron chi connectivity index (χ3n) is 5.06. The van der Waals surface area contributed by atoms with Gasteiger partial charge in [0.25, 0.3) is 0 Å². The van der Waals surface area contributed by atoms with Gasteiger partial charge in [0, 0.05) is 32.4 Å². The molecular formula is C16H26N4O. The quantitative estimate of drug-likeness (QED) is 0.862. The van der Waals surface area contributed by atoms with Gasteiger partial charge in [-0.1, -0.05) is 25.7 Å². The van der Waals surface area contributed by atoms with Crippen LogP contribution in [0.15, 0.2) is 12.3 Å². The Morgan fingerprint density at radius 3 is 2.57 bits per heavy atom. The van der Waals surface area contributed by atoms with Crippen molar-refractivity contribution < 1.29 is 4.79 Å². The zero-order chi connectivity index (χ0) is 14.7. The molecule has 116 valence electrons. The predicted molar refractivity (Wildman–Crippen MR) is 83.2 cm³/mol. The van der Waals surface area contributed by atoms with E-state index in [4.69, 9.17) is 0 Å². The first-order chi connectivity index (χ1) is 10.2. The molecule has 1 aromatic rings. The molecule has 21 heavy (non-hydrogen) atoms. The van der Waals surface area contributed by atoms with Crippen LogP contribution < -0.4 is 5.32 Å². The lowest BCUT2D eigenvalue weighted by molar-refractivity contribution is 0.0962. The molecule has 1 aromatic heterocycles. The van der Waals surface area contributed by atoms with E-state index in [1.54, 1.807) is 4.68 Å². The zero-order valence-electron chi connectivity index (χ0n) is 13.0. The molecule has 1 aliphatic heterocycles. The van der Waals surface area contributed by atoms with E-state index in [1.165, 1.54) is 44.9 Å². The number of amides is 2. The molecule has 2 amide bonds. The van der Waals surface area contributed by atoms with Crippen LogP contribution >= 0.6 is 0 Å². The van der Waals surface area contributed by atoms with Crippen LogP contribution in [0.2, 0.25) is 0 Å². The lowest BCUT2D eigenvalue weighted by atomic mass is 9.74. The van der Waals surface area contributed by atoms with Crippen molar-refractivity contribution in [1.82, 2.24) is 14.7 Å². The molecule has 2 fully saturated rings. The Hall–Kier alpha value is -1.52. The fraction of sp³-hybridized carbons (Fsp3) is 0.750. The van der Waals surface area contributed by atoms with Gasteiger partial charge in [0.15, 0.2) is 5.82 Å². The molecule has 1 aliphatic carbocycles. The maximum atomic E-state index is 12.5. The van der Waals surface area contributed by atoms with Gasteiger partial charge in [-0.3, -0.25) is 10.00 Å². The van der Waals surface area contributed by atoms with Crippen LogP contribution in [0.1, 0.15) is 51.4 Å². The largest absolute Gasteiger partial charge is 0.324 e. The van der Waals surface area contributed by atoms with Crippen LogP contribution in [0.5, 0.6) is 0 Å². The van der Waals surface area contributed by atoms with Crippen molar-refractivity contribution in [2.24, 2.45) is 12.5 Å². The third kappa shape index (κ3) is 3.39. The summed E-state index contributed by atoms with van der Waals surface area (Å²) in [6.45, 7) is 1.80. The number of carbonyl (C=O) groups is 1. The first-order valence-corrected chi connectivity index (χ1v) is 8.23. The monoisotopic (exact) mass is 290 g/mol. The number of hydrogen-bond donors (Lipinski definition) is 1. The summed E-state index contributed by atoms with van der Waals surface area (Å²) in [5, 5.41) is 7.15. The van der Waals surface area contributed by atoms with Gasteiger partial charge < -0.3 is 4.90 Å². The molecule has 5 heteroatoms. The van der Waals surface area contributed by atoms with Crippen molar-refractivity contribution in [2.75, 3.05) is 18.4 Å². The zero-order valence-corrected chi connectivity index (χ0v) is 13.0. The van der Waals surface area contributed by atoms with Crippen molar-refractivity contribution in [3.05, 3.63) is 12.3 Å². The van der Waals surface area contributed by atoms with Crippen LogP contribution in [0.4, 0.5) is 10.6 Å². The second-order valence-corrected chi connectivity index (χ2v) is 6.74. The summed E-state index contributed by atoms with van der Waals surface area (Å²) in [6.07, 6.45) is 12.2. The van der Waals surface area contributed by atoms with Crippen LogP contribution in [0, 0.1) is 5.41 Å². The second-order valence-electron chi connectivity index (χ2n) is 6.74. The first kappa shape index (κ1) is 14.4. The van der Waals surface area contributed by atoms with E-state index in [9.17, 15) is 4.79 Å². The van der Waals surface area contributed by atoms with Crippen molar-refractivity contribution >= 4 is 11.8 Å². The van der Waals surface area contributed by atoms with Gasteiger partial charge >= 0.3 is 6.03 Å². The van der Waals surface area contributed by atoms with Gasteiger partial charge in [0.1, 0.15) is 0 Å². The molecule has 2 aliphatic rings. The summed E-state index contributed by atoms with van der Waals surface area (Å²) in [7, 11) is 1.86. The number of nitrogens with one attached hydrogen (secondary N) is 1. The maximum absolute atomic E-state index is 12.5. The number of likely N-dealkylation sites (tertiary alicyclic amines) is 1. The molecule has 3 rings (SSSR count). The van der Waals surface area contributed by atoms with E-state index in [0.717, 1.165) is 19.5 Å². The summed E-state index contributed by atoms with van der Waals surface area (Å²) < 4.78 is 1.71. The fourth-order valence-corrected chi connectivity index (χ4v) is 3.94. The maximum Gasteiger partial charge on any atom is 0.323 e. The molecule has 5 nitrogen and oxygen atoms in total. The molecule has 2 heterocycles. The Balaban J connectivity index is 1.63. The van der Waals surface area contributed by atoms with Crippen molar-refractivity contribution in [3.8, 4) is 0 Å². The number of hydrogen-bond acceptors (Lipinski definition) is 2. The SMILES string of the molecule is Cn1ccc(NC(=O)N2CCCC3(CCCCCC3)C2)n1. The number of carbonyl (C=O) groups excluding carboxylic acids is 1. The molecule has 0 unspecified atom stereocenters. The Morgan fingerprint density at radius 1 is 1.19 bits per heavy atom. The van der Waals surface area contributed by atoms with E-state index >= 15 is 0 Å². The summed E-state index contributed by atoms with van der Waals surface area (Å²) in [5.41, 5.74) is 0.385. The van der Waals surface area contributed by atoms with Crippen LogP contribution in [0.3, 0.4) is 0 Å². The number of aryl methyl sites for hydroxylation is 1. The Morgan fingerprint density at radius 2 is 1.90 bits per heavy atom. The minimum absolute atomic E-state index is 0.0111. The van der Waals surface area contributed by atoms with Gasteiger partial charge in [-0.05, 0) is 31.1 Å². The molecule has 1 saturated carbocycles. The van der Waals surface area contributed by atoms with Gasteiger partial charge in [-0.2, -0.15) is 5.10 Å². The first-order valence-electron chi connectivity index (χ1n) is 8.23. The summed E-state index contributed by atoms with van der Waals surface area (Å²) in [6, 6.07) is 1.85. The summed E-state index contributed by atoms with van der Waals surface area (Å²) in [4.78, 5) is 14.5. The Bertz CT molecular complexity index is 488. The standard InChI is InChI=1S/C16H26N4O/c1-19-12-7-14(18-19)17-15(21)20-11-6-10-16(13-20)8-4-2-3-5-9-16/h7,12H,2-6,8-11,13H2,1H3,(H,17,18,21). The van der Waals surface area contributed by atoms with Crippen LogP contribution in [-0.4, -0.2) is 33.8 Å². The Kier molecular flexibility index (Phi) is 4.17. The summed E-state index contributed by atoms with van der Waals surface area (Å²) >= 11 is 0. The average molecular weight is 290 g/mol. The molecule has 0 atom stereocenters. The molecular weight excluding hydrogens is 264 g/mol. The highest BCUT2D eigenvalue weighted by molar-refractivity contribution is 5.88. The van der Waals surface area contributed by atoms with Gasteiger partial charge in [0.2, 0.25) is 0 Å². The number of nitrogens with zero attached hydrogens (tertiary/aromatic N) is 3. The van der Waals surface area contributed by atoms with Crippen LogP contribution in [0.25, 0.3) is 0 Å². The molecule has 1 N–H and O–H groups in total. The van der Waals surface area contributed by atoms with E-state index in [2.05, 4.69) is 10.4 Å². The lowest BCUT2D eigenvalue weighted by Crippen LogP contribution is -2.47. The third-order valence-corrected chi connectivity index (χ3v) is 5.06. The smallest absolute Gasteiger partial charge is 0.323 e. The predicted octanol–water partition coefficient (Wildman–Crippen LogP) is 3.39. The van der Waals surface area contributed by atoms with Crippen molar-refractivity contribution in [3.63, 3.8) is 0 Å². The number of rotatable bonds is 1. The normalized spacial score (nSPS) is 22.0. The van der Waals surface area contributed by atoms with E-state index in [1.807, 2.05) is 24.2 Å². The highest BCUT2D eigenvalue weighted by Gasteiger charge is 2.37. The fourth-order valence-electron chi connectivity index (χ4n) is 3.94. The van der Waals surface area contributed by atoms with Gasteiger partial charge in [0.05, 0.1) is 0 Å². The van der Waals surface area contributed by atoms with Gasteiger partial charge in [-0.25, -0.2) is 4.79 Å². The van der Waals surface area contributed by atoms with Gasteiger partial charge in [-0.15, -0.1) is 0 Å². The van der Waals surface area contributed by atoms with E-state index in [-0.39, 0.29) is 6.03 Å². The molecule has 0 radical (unpaired) electrons. The highest BCUT2D eigenvalue weighted by atomic mass is 16.2. The number of urea groups is 1. The van der Waals surface area contributed by atoms with E-state index in [0.29, 0.717) is 11.2 Å². The van der Waals surface area contributed by atoms with E-state index < -0.39 is 0 Å². The molecule has 0 bridgehead atoms. The van der Waals surface area contributed by atoms with Crippen LogP contribution in [-0.2, 0) is 7.05 Å². The van der Waals surface area contributed by atoms with Crippen molar-refractivity contribution in [2.45, 2.75) is 51.4 Å². The Labute approximate surface area is 126 Å². The minimum atomic E-state index is 0.0111. The topological polar surface area (TPSA) is 50.2 Å². The van der Waals surface area contributed by atoms with Crippen molar-refractivity contribution in [1.29, 1.82) is 0 Å². The molecule has 1 spiro atoms. The number of anilines is 1. The number of aromatic nitrogens is 2. The second kappa shape index (κ2) is 6.08. The molecule has 0 aromatic carbocycles. The minimum Gasteiger partial charge on any atom is -0.324 e. The average Bonchev–Trinajstić information content (AvgIpc) is 2.75. The highest BCUT2D eigenvalue weighted by Crippen LogP contribution is 2.42.